The minimum atomic E-state index is -1.02. The molecule has 3 rings (SSSR count). The largest absolute Gasteiger partial charge is 0.475 e. The number of carbonyl (C=O) groups is 1. The van der Waals surface area contributed by atoms with E-state index in [2.05, 4.69) is 11.8 Å². The number of hydrogen-bond acceptors (Lipinski definition) is 3. The number of furan rings is 1. The number of carboxylic acids is 1. The Morgan fingerprint density at radius 3 is 3.05 bits per heavy atom. The van der Waals surface area contributed by atoms with Gasteiger partial charge in [0, 0.05) is 18.5 Å². The number of fused-ring (bicyclic) bond motifs is 1. The van der Waals surface area contributed by atoms with E-state index < -0.39 is 5.97 Å². The van der Waals surface area contributed by atoms with E-state index in [1.54, 1.807) is 6.07 Å². The van der Waals surface area contributed by atoms with E-state index in [4.69, 9.17) is 9.52 Å². The van der Waals surface area contributed by atoms with Crippen LogP contribution in [0.25, 0.3) is 11.0 Å². The lowest BCUT2D eigenvalue weighted by atomic mass is 9.99. The number of likely N-dealkylation sites (tertiary alicyclic amines) is 1. The lowest BCUT2D eigenvalue weighted by Crippen LogP contribution is -2.33. The molecule has 0 radical (unpaired) electrons. The summed E-state index contributed by atoms with van der Waals surface area (Å²) in [6, 6.07) is 7.52. The molecular formula is C16H19NO3. The number of benzene rings is 1. The van der Waals surface area contributed by atoms with Crippen LogP contribution in [0.1, 0.15) is 35.9 Å². The van der Waals surface area contributed by atoms with Crippen molar-refractivity contribution in [2.75, 3.05) is 13.1 Å². The van der Waals surface area contributed by atoms with Crippen molar-refractivity contribution in [2.45, 2.75) is 26.3 Å². The SMILES string of the molecule is CC1CCCN(Cc2ccc3oc(C(=O)O)cc3c2)C1. The minimum Gasteiger partial charge on any atom is -0.475 e. The second-order valence-corrected chi connectivity index (χ2v) is 5.77. The van der Waals surface area contributed by atoms with Gasteiger partial charge in [0.25, 0.3) is 0 Å². The Bertz CT molecular complexity index is 632. The third kappa shape index (κ3) is 2.70. The van der Waals surface area contributed by atoms with Gasteiger partial charge in [-0.25, -0.2) is 4.79 Å². The normalized spacial score (nSPS) is 20.4. The van der Waals surface area contributed by atoms with Crippen LogP contribution in [0.15, 0.2) is 28.7 Å². The summed E-state index contributed by atoms with van der Waals surface area (Å²) in [4.78, 5) is 13.4. The molecule has 1 aliphatic rings. The number of nitrogens with zero attached hydrogens (tertiary/aromatic N) is 1. The summed E-state index contributed by atoms with van der Waals surface area (Å²) >= 11 is 0. The molecule has 0 aliphatic carbocycles. The lowest BCUT2D eigenvalue weighted by Gasteiger charge is -2.30. The fourth-order valence-electron chi connectivity index (χ4n) is 2.99. The Balaban J connectivity index is 1.79. The van der Waals surface area contributed by atoms with E-state index in [1.807, 2.05) is 18.2 Å². The molecule has 1 fully saturated rings. The van der Waals surface area contributed by atoms with Crippen molar-refractivity contribution in [3.63, 3.8) is 0 Å². The molecule has 1 saturated heterocycles. The predicted molar refractivity (Wildman–Crippen MR) is 76.8 cm³/mol. The first kappa shape index (κ1) is 13.2. The molecule has 2 aromatic rings. The van der Waals surface area contributed by atoms with Gasteiger partial charge in [0.1, 0.15) is 5.58 Å². The quantitative estimate of drug-likeness (QED) is 0.931. The van der Waals surface area contributed by atoms with Gasteiger partial charge in [-0.1, -0.05) is 13.0 Å². The van der Waals surface area contributed by atoms with E-state index in [-0.39, 0.29) is 5.76 Å². The van der Waals surface area contributed by atoms with Crippen molar-refractivity contribution >= 4 is 16.9 Å². The zero-order valence-electron chi connectivity index (χ0n) is 11.6. The summed E-state index contributed by atoms with van der Waals surface area (Å²) in [7, 11) is 0. The second-order valence-electron chi connectivity index (χ2n) is 5.77. The van der Waals surface area contributed by atoms with Crippen LogP contribution in [-0.4, -0.2) is 29.1 Å². The Labute approximate surface area is 118 Å². The van der Waals surface area contributed by atoms with E-state index in [0.717, 1.165) is 30.9 Å². The molecule has 106 valence electrons. The van der Waals surface area contributed by atoms with Crippen LogP contribution in [0.3, 0.4) is 0 Å². The number of aromatic carboxylic acids is 1. The van der Waals surface area contributed by atoms with Crippen LogP contribution in [0.2, 0.25) is 0 Å². The van der Waals surface area contributed by atoms with Gasteiger partial charge in [0.15, 0.2) is 0 Å². The zero-order chi connectivity index (χ0) is 14.1. The summed E-state index contributed by atoms with van der Waals surface area (Å²) in [6.07, 6.45) is 2.58. The topological polar surface area (TPSA) is 53.7 Å². The molecule has 0 bridgehead atoms. The van der Waals surface area contributed by atoms with Crippen molar-refractivity contribution in [3.8, 4) is 0 Å². The van der Waals surface area contributed by atoms with Crippen molar-refractivity contribution < 1.29 is 14.3 Å². The zero-order valence-corrected chi connectivity index (χ0v) is 11.6. The first-order valence-corrected chi connectivity index (χ1v) is 7.10. The van der Waals surface area contributed by atoms with Crippen molar-refractivity contribution in [3.05, 3.63) is 35.6 Å². The van der Waals surface area contributed by atoms with Crippen LogP contribution in [-0.2, 0) is 6.54 Å². The predicted octanol–water partition coefficient (Wildman–Crippen LogP) is 3.36. The van der Waals surface area contributed by atoms with Gasteiger partial charge >= 0.3 is 5.97 Å². The Morgan fingerprint density at radius 1 is 1.45 bits per heavy atom. The second kappa shape index (κ2) is 5.29. The van der Waals surface area contributed by atoms with Crippen LogP contribution < -0.4 is 0 Å². The van der Waals surface area contributed by atoms with Crippen LogP contribution in [0.4, 0.5) is 0 Å². The molecule has 1 aliphatic heterocycles. The van der Waals surface area contributed by atoms with Crippen molar-refractivity contribution in [1.82, 2.24) is 4.90 Å². The van der Waals surface area contributed by atoms with Gasteiger partial charge in [-0.2, -0.15) is 0 Å². The molecule has 0 amide bonds. The third-order valence-electron chi connectivity index (χ3n) is 3.94. The van der Waals surface area contributed by atoms with E-state index in [1.165, 1.54) is 18.4 Å². The number of hydrogen-bond donors (Lipinski definition) is 1. The highest BCUT2D eigenvalue weighted by molar-refractivity contribution is 5.91. The van der Waals surface area contributed by atoms with Gasteiger partial charge in [0.05, 0.1) is 0 Å². The Kier molecular flexibility index (Phi) is 3.49. The van der Waals surface area contributed by atoms with Gasteiger partial charge < -0.3 is 9.52 Å². The molecule has 4 heteroatoms. The van der Waals surface area contributed by atoms with Crippen molar-refractivity contribution in [1.29, 1.82) is 0 Å². The highest BCUT2D eigenvalue weighted by atomic mass is 16.4. The summed E-state index contributed by atoms with van der Waals surface area (Å²) < 4.78 is 5.28. The maximum Gasteiger partial charge on any atom is 0.371 e. The molecule has 1 aromatic carbocycles. The molecule has 1 atom stereocenters. The van der Waals surface area contributed by atoms with Crippen LogP contribution >= 0.6 is 0 Å². The molecule has 1 aromatic heterocycles. The number of rotatable bonds is 3. The fraction of sp³-hybridized carbons (Fsp3) is 0.438. The van der Waals surface area contributed by atoms with E-state index in [9.17, 15) is 4.79 Å². The van der Waals surface area contributed by atoms with Gasteiger partial charge in [-0.3, -0.25) is 4.90 Å². The molecule has 1 N–H and O–H groups in total. The first-order chi connectivity index (χ1) is 9.61. The Hall–Kier alpha value is -1.81. The molecule has 1 unspecified atom stereocenters. The molecule has 0 saturated carbocycles. The van der Waals surface area contributed by atoms with Crippen LogP contribution in [0, 0.1) is 5.92 Å². The molecule has 20 heavy (non-hydrogen) atoms. The Morgan fingerprint density at radius 2 is 2.30 bits per heavy atom. The van der Waals surface area contributed by atoms with Gasteiger partial charge in [0.2, 0.25) is 5.76 Å². The van der Waals surface area contributed by atoms with Crippen molar-refractivity contribution in [2.24, 2.45) is 5.92 Å². The summed E-state index contributed by atoms with van der Waals surface area (Å²) in [5.74, 6) is -0.253. The van der Waals surface area contributed by atoms with E-state index >= 15 is 0 Å². The maximum atomic E-state index is 10.9. The average molecular weight is 273 g/mol. The average Bonchev–Trinajstić information content (AvgIpc) is 2.82. The lowest BCUT2D eigenvalue weighted by molar-refractivity contribution is 0.0665. The van der Waals surface area contributed by atoms with Gasteiger partial charge in [-0.05, 0) is 49.1 Å². The third-order valence-corrected chi connectivity index (χ3v) is 3.94. The summed E-state index contributed by atoms with van der Waals surface area (Å²) in [5.41, 5.74) is 1.85. The first-order valence-electron chi connectivity index (χ1n) is 7.10. The summed E-state index contributed by atoms with van der Waals surface area (Å²) in [6.45, 7) is 5.51. The molecule has 0 spiro atoms. The smallest absolute Gasteiger partial charge is 0.371 e. The monoisotopic (exact) mass is 273 g/mol. The van der Waals surface area contributed by atoms with Crippen LogP contribution in [0.5, 0.6) is 0 Å². The highest BCUT2D eigenvalue weighted by Crippen LogP contribution is 2.23. The molecule has 2 heterocycles. The fourth-order valence-corrected chi connectivity index (χ4v) is 2.99. The number of piperidine rings is 1. The maximum absolute atomic E-state index is 10.9. The standard InChI is InChI=1S/C16H19NO3/c1-11-3-2-6-17(9-11)10-12-4-5-14-13(7-12)8-15(20-14)16(18)19/h4-5,7-8,11H,2-3,6,9-10H2,1H3,(H,18,19). The summed E-state index contributed by atoms with van der Waals surface area (Å²) in [5, 5.41) is 9.81. The van der Waals surface area contributed by atoms with Gasteiger partial charge in [-0.15, -0.1) is 0 Å². The molecule has 4 nitrogen and oxygen atoms in total. The number of carboxylic acid groups (broad SMARTS) is 1. The van der Waals surface area contributed by atoms with E-state index in [0.29, 0.717) is 5.58 Å². The minimum absolute atomic E-state index is 0.00347. The molecular weight excluding hydrogens is 254 g/mol. The highest BCUT2D eigenvalue weighted by Gasteiger charge is 2.17.